The van der Waals surface area contributed by atoms with E-state index in [9.17, 15) is 0 Å². The van der Waals surface area contributed by atoms with E-state index in [1.165, 1.54) is 32.8 Å². The van der Waals surface area contributed by atoms with Crippen molar-refractivity contribution < 1.29 is 4.74 Å². The van der Waals surface area contributed by atoms with Crippen LogP contribution >= 0.6 is 11.8 Å². The van der Waals surface area contributed by atoms with Crippen LogP contribution in [-0.4, -0.2) is 11.9 Å². The number of hydrogen-bond acceptors (Lipinski definition) is 2. The molecule has 188 valence electrons. The van der Waals surface area contributed by atoms with Crippen LogP contribution in [0.4, 0.5) is 0 Å². The fourth-order valence-corrected chi connectivity index (χ4v) is 4.82. The topological polar surface area (TPSA) is 9.23 Å². The fourth-order valence-electron chi connectivity index (χ4n) is 3.70. The highest BCUT2D eigenvalue weighted by atomic mass is 32.2. The van der Waals surface area contributed by atoms with E-state index < -0.39 is 0 Å². The zero-order chi connectivity index (χ0) is 25.3. The summed E-state index contributed by atoms with van der Waals surface area (Å²) >= 11 is 1.98. The maximum atomic E-state index is 5.81. The summed E-state index contributed by atoms with van der Waals surface area (Å²) < 4.78 is 5.81. The Bertz CT molecular complexity index is 963. The largest absolute Gasteiger partial charge is 0.373 e. The van der Waals surface area contributed by atoms with Crippen molar-refractivity contribution in [2.24, 2.45) is 0 Å². The van der Waals surface area contributed by atoms with E-state index in [2.05, 4.69) is 114 Å². The second-order valence-electron chi connectivity index (χ2n) is 9.56. The predicted molar refractivity (Wildman–Crippen MR) is 156 cm³/mol. The number of allylic oxidation sites excluding steroid dienone is 6. The third-order valence-corrected chi connectivity index (χ3v) is 7.36. The molecule has 0 heterocycles. The lowest BCUT2D eigenvalue weighted by Crippen LogP contribution is -2.04. The molecule has 1 nitrogen and oxygen atoms in total. The molecule has 2 aromatic carbocycles. The van der Waals surface area contributed by atoms with Crippen molar-refractivity contribution in [3.05, 3.63) is 113 Å². The Morgan fingerprint density at radius 2 is 1.34 bits per heavy atom. The van der Waals surface area contributed by atoms with Crippen LogP contribution in [0.15, 0.2) is 112 Å². The van der Waals surface area contributed by atoms with Crippen molar-refractivity contribution in [3.63, 3.8) is 0 Å². The Kier molecular flexibility index (Phi) is 14.2. The average molecular weight is 489 g/mol. The zero-order valence-electron chi connectivity index (χ0n) is 22.4. The van der Waals surface area contributed by atoms with Crippen molar-refractivity contribution in [1.29, 1.82) is 0 Å². The zero-order valence-corrected chi connectivity index (χ0v) is 23.2. The Morgan fingerprint density at radius 3 is 2.00 bits per heavy atom. The van der Waals surface area contributed by atoms with E-state index in [0.29, 0.717) is 18.5 Å². The molecule has 0 saturated carbocycles. The molecule has 0 amide bonds. The Morgan fingerprint density at radius 1 is 0.743 bits per heavy atom. The average Bonchev–Trinajstić information content (AvgIpc) is 2.85. The van der Waals surface area contributed by atoms with Gasteiger partial charge in [0.1, 0.15) is 0 Å². The fraction of sp³-hybridized carbons (Fsp3) is 0.394. The first-order chi connectivity index (χ1) is 16.9. The summed E-state index contributed by atoms with van der Waals surface area (Å²) in [5.74, 6) is 0. The van der Waals surface area contributed by atoms with Crippen LogP contribution in [0, 0.1) is 0 Å². The first-order valence-corrected chi connectivity index (χ1v) is 13.8. The highest BCUT2D eigenvalue weighted by Gasteiger charge is 2.11. The minimum atomic E-state index is 0.467. The molecule has 2 aromatic rings. The second-order valence-corrected chi connectivity index (χ2v) is 10.8. The highest BCUT2D eigenvalue weighted by Crippen LogP contribution is 2.31. The molecular formula is C33H44OS. The van der Waals surface area contributed by atoms with Gasteiger partial charge in [-0.2, -0.15) is 0 Å². The second kappa shape index (κ2) is 17.2. The summed E-state index contributed by atoms with van der Waals surface area (Å²) in [4.78, 5) is 1.34. The molecule has 0 spiro atoms. The lowest BCUT2D eigenvalue weighted by molar-refractivity contribution is 0.148. The van der Waals surface area contributed by atoms with E-state index in [1.807, 2.05) is 17.8 Å². The number of rotatable bonds is 15. The Labute approximate surface area is 219 Å². The van der Waals surface area contributed by atoms with Crippen molar-refractivity contribution in [2.75, 3.05) is 6.61 Å². The first-order valence-electron chi connectivity index (χ1n) is 12.9. The summed E-state index contributed by atoms with van der Waals surface area (Å²) in [5.41, 5.74) is 6.98. The van der Waals surface area contributed by atoms with Gasteiger partial charge in [-0.25, -0.2) is 0 Å². The number of hydrogen-bond donors (Lipinski definition) is 0. The van der Waals surface area contributed by atoms with Crippen molar-refractivity contribution >= 4 is 11.8 Å². The molecule has 0 saturated heterocycles. The van der Waals surface area contributed by atoms with Crippen molar-refractivity contribution in [3.8, 4) is 0 Å². The van der Waals surface area contributed by atoms with Gasteiger partial charge in [0.05, 0.1) is 13.2 Å². The van der Waals surface area contributed by atoms with Crippen molar-refractivity contribution in [1.82, 2.24) is 0 Å². The third-order valence-electron chi connectivity index (χ3n) is 5.97. The number of benzene rings is 2. The van der Waals surface area contributed by atoms with Gasteiger partial charge in [0.25, 0.3) is 0 Å². The molecule has 35 heavy (non-hydrogen) atoms. The Hall–Kier alpha value is -2.29. The van der Waals surface area contributed by atoms with E-state index in [4.69, 9.17) is 4.74 Å². The monoisotopic (exact) mass is 488 g/mol. The predicted octanol–water partition coefficient (Wildman–Crippen LogP) is 10.1. The quantitative estimate of drug-likeness (QED) is 0.140. The summed E-state index contributed by atoms with van der Waals surface area (Å²) in [5, 5.41) is 0.467. The molecule has 0 aromatic heterocycles. The van der Waals surface area contributed by atoms with Crippen LogP contribution in [0.1, 0.15) is 72.3 Å². The molecular weight excluding hydrogens is 444 g/mol. The molecule has 0 aliphatic heterocycles. The van der Waals surface area contributed by atoms with Gasteiger partial charge in [-0.1, -0.05) is 95.1 Å². The molecule has 0 fully saturated rings. The van der Waals surface area contributed by atoms with Gasteiger partial charge in [0.2, 0.25) is 0 Å². The van der Waals surface area contributed by atoms with Crippen LogP contribution < -0.4 is 0 Å². The number of ether oxygens (including phenoxy) is 1. The molecule has 0 aliphatic carbocycles. The van der Waals surface area contributed by atoms with Gasteiger partial charge < -0.3 is 4.74 Å². The minimum Gasteiger partial charge on any atom is -0.373 e. The van der Waals surface area contributed by atoms with E-state index in [1.54, 1.807) is 0 Å². The SMILES string of the molecule is CC(C)=CCC/C(C)=C/CC(Sc1ccccc1)/C(C)=C/CC/C(C)=C/COCc1ccccc1. The molecule has 0 radical (unpaired) electrons. The smallest absolute Gasteiger partial charge is 0.0721 e. The Balaban J connectivity index is 1.88. The first kappa shape index (κ1) is 28.9. The molecule has 0 aliphatic rings. The third kappa shape index (κ3) is 13.4. The number of thioether (sulfide) groups is 1. The van der Waals surface area contributed by atoms with Gasteiger partial charge in [0, 0.05) is 10.1 Å². The lowest BCUT2D eigenvalue weighted by Gasteiger charge is -2.17. The molecule has 1 atom stereocenters. The van der Waals surface area contributed by atoms with Gasteiger partial charge in [0.15, 0.2) is 0 Å². The van der Waals surface area contributed by atoms with Crippen LogP contribution in [0.2, 0.25) is 0 Å². The highest BCUT2D eigenvalue weighted by molar-refractivity contribution is 8.00. The summed E-state index contributed by atoms with van der Waals surface area (Å²) in [6, 6.07) is 21.2. The molecule has 0 bridgehead atoms. The summed E-state index contributed by atoms with van der Waals surface area (Å²) in [7, 11) is 0. The summed E-state index contributed by atoms with van der Waals surface area (Å²) in [6.07, 6.45) is 15.0. The van der Waals surface area contributed by atoms with Gasteiger partial charge in [-0.05, 0) is 84.4 Å². The van der Waals surface area contributed by atoms with Crippen LogP contribution in [0.25, 0.3) is 0 Å². The van der Waals surface area contributed by atoms with Gasteiger partial charge in [-0.3, -0.25) is 0 Å². The summed E-state index contributed by atoms with van der Waals surface area (Å²) in [6.45, 7) is 12.5. The maximum Gasteiger partial charge on any atom is 0.0721 e. The van der Waals surface area contributed by atoms with Crippen LogP contribution in [-0.2, 0) is 11.3 Å². The lowest BCUT2D eigenvalue weighted by atomic mass is 10.0. The minimum absolute atomic E-state index is 0.467. The molecule has 2 rings (SSSR count). The van der Waals surface area contributed by atoms with E-state index >= 15 is 0 Å². The van der Waals surface area contributed by atoms with Crippen LogP contribution in [0.5, 0.6) is 0 Å². The maximum absolute atomic E-state index is 5.81. The van der Waals surface area contributed by atoms with Crippen molar-refractivity contribution in [2.45, 2.75) is 83.5 Å². The van der Waals surface area contributed by atoms with E-state index in [-0.39, 0.29) is 0 Å². The van der Waals surface area contributed by atoms with Gasteiger partial charge in [-0.15, -0.1) is 11.8 Å². The normalized spacial score (nSPS) is 13.6. The molecule has 1 unspecified atom stereocenters. The molecule has 2 heteroatoms. The van der Waals surface area contributed by atoms with E-state index in [0.717, 1.165) is 32.1 Å². The van der Waals surface area contributed by atoms with Crippen LogP contribution in [0.3, 0.4) is 0 Å². The molecule has 0 N–H and O–H groups in total. The standard InChI is InChI=1S/C33H44OS/c1-27(2)14-12-15-28(3)22-23-33(35-32-20-10-7-11-21-32)30(5)17-13-16-29(4)24-25-34-26-31-18-8-6-9-19-31/h6-11,14,17-22,24,33H,12-13,15-16,23,25-26H2,1-5H3/b28-22+,29-24+,30-17+. The van der Waals surface area contributed by atoms with Gasteiger partial charge >= 0.3 is 0 Å².